The molecular weight excluding hydrogens is 731 g/mol. The van der Waals surface area contributed by atoms with Crippen molar-refractivity contribution in [1.82, 2.24) is 9.61 Å². The number of nitrogens with two attached hydrogens (primary N) is 1. The topological polar surface area (TPSA) is 182 Å². The number of nitriles is 1. The first-order valence-corrected chi connectivity index (χ1v) is 22.5. The van der Waals surface area contributed by atoms with E-state index in [1.54, 1.807) is 12.1 Å². The molecule has 1 aliphatic heterocycles. The number of benzene rings is 1. The van der Waals surface area contributed by atoms with Crippen LogP contribution in [0.25, 0.3) is 5.52 Å². The van der Waals surface area contributed by atoms with E-state index >= 15 is 0 Å². The van der Waals surface area contributed by atoms with Crippen LogP contribution in [0.3, 0.4) is 0 Å². The van der Waals surface area contributed by atoms with E-state index in [4.69, 9.17) is 24.3 Å². The maximum absolute atomic E-state index is 13.2. The summed E-state index contributed by atoms with van der Waals surface area (Å²) in [6.07, 6.45) is 19.0. The maximum Gasteiger partial charge on any atom is 0.472 e. The Labute approximate surface area is 334 Å². The van der Waals surface area contributed by atoms with Gasteiger partial charge in [-0.2, -0.15) is 10.4 Å². The van der Waals surface area contributed by atoms with Crippen molar-refractivity contribution >= 4 is 19.0 Å². The van der Waals surface area contributed by atoms with Crippen LogP contribution in [-0.4, -0.2) is 69.5 Å². The summed E-state index contributed by atoms with van der Waals surface area (Å²) in [4.78, 5) is 10.7. The number of aliphatic hydroxyl groups excluding tert-OH is 2. The van der Waals surface area contributed by atoms with Crippen LogP contribution in [0.2, 0.25) is 0 Å². The fourth-order valence-corrected chi connectivity index (χ4v) is 8.31. The molecule has 0 spiro atoms. The van der Waals surface area contributed by atoms with Gasteiger partial charge >= 0.3 is 7.82 Å². The molecule has 4 rings (SSSR count). The van der Waals surface area contributed by atoms with Gasteiger partial charge in [0.1, 0.15) is 24.4 Å². The van der Waals surface area contributed by atoms with Gasteiger partial charge in [0.2, 0.25) is 5.60 Å². The van der Waals surface area contributed by atoms with E-state index in [9.17, 15) is 24.9 Å². The highest BCUT2D eigenvalue weighted by Gasteiger charge is 2.58. The van der Waals surface area contributed by atoms with Gasteiger partial charge in [-0.3, -0.25) is 9.05 Å². The van der Waals surface area contributed by atoms with Gasteiger partial charge in [-0.05, 0) is 43.0 Å². The van der Waals surface area contributed by atoms with Crippen molar-refractivity contribution < 1.29 is 38.2 Å². The van der Waals surface area contributed by atoms with Gasteiger partial charge in [0.25, 0.3) is 0 Å². The van der Waals surface area contributed by atoms with Gasteiger partial charge in [0.05, 0.1) is 36.7 Å². The van der Waals surface area contributed by atoms with E-state index in [-0.39, 0.29) is 12.3 Å². The number of ether oxygens (including phenoxy) is 2. The number of aliphatic hydroxyl groups is 2. The van der Waals surface area contributed by atoms with Crippen molar-refractivity contribution in [3.8, 4) is 6.07 Å². The number of rotatable bonds is 29. The number of phosphoric acid groups is 1. The molecule has 312 valence electrons. The summed E-state index contributed by atoms with van der Waals surface area (Å²) in [6, 6.07) is 16.7. The number of fused-ring (bicyclic) bond motifs is 1. The Morgan fingerprint density at radius 1 is 0.893 bits per heavy atom. The van der Waals surface area contributed by atoms with Crippen molar-refractivity contribution in [3.05, 3.63) is 66.0 Å². The Morgan fingerprint density at radius 2 is 1.50 bits per heavy atom. The average molecular weight is 799 g/mol. The average Bonchev–Trinajstić information content (AvgIpc) is 3.75. The third-order valence-corrected chi connectivity index (χ3v) is 12.0. The summed E-state index contributed by atoms with van der Waals surface area (Å²) in [5.41, 5.74) is 5.56. The zero-order chi connectivity index (χ0) is 40.3. The minimum absolute atomic E-state index is 0.116. The molecule has 1 fully saturated rings. The number of nitrogen functional groups attached to an aromatic ring is 1. The molecule has 2 aromatic heterocycles. The van der Waals surface area contributed by atoms with E-state index in [2.05, 4.69) is 12.0 Å². The first-order valence-electron chi connectivity index (χ1n) is 21.0. The molecule has 12 nitrogen and oxygen atoms in total. The largest absolute Gasteiger partial charge is 0.472 e. The van der Waals surface area contributed by atoms with E-state index in [0.717, 1.165) is 24.8 Å². The van der Waals surface area contributed by atoms with E-state index in [1.165, 1.54) is 107 Å². The van der Waals surface area contributed by atoms with Gasteiger partial charge in [-0.15, -0.1) is 0 Å². The van der Waals surface area contributed by atoms with Crippen molar-refractivity contribution in [2.24, 2.45) is 5.41 Å². The minimum atomic E-state index is -4.66. The second-order valence-corrected chi connectivity index (χ2v) is 17.4. The van der Waals surface area contributed by atoms with Crippen molar-refractivity contribution in [1.29, 1.82) is 5.26 Å². The third kappa shape index (κ3) is 13.9. The smallest absolute Gasteiger partial charge is 0.397 e. The van der Waals surface area contributed by atoms with Crippen LogP contribution in [0.4, 0.5) is 5.69 Å². The molecule has 1 aromatic carbocycles. The molecule has 0 bridgehead atoms. The second-order valence-electron chi connectivity index (χ2n) is 15.9. The Morgan fingerprint density at radius 3 is 2.11 bits per heavy atom. The zero-order valence-electron chi connectivity index (χ0n) is 33.7. The van der Waals surface area contributed by atoms with Crippen LogP contribution in [0.15, 0.2) is 54.7 Å². The lowest BCUT2D eigenvalue weighted by Gasteiger charge is -2.30. The normalized spacial score (nSPS) is 21.9. The zero-order valence-corrected chi connectivity index (χ0v) is 34.6. The fraction of sp³-hybridized carbons (Fsp3) is 0.674. The molecule has 13 heteroatoms. The number of hydrogen-bond donors (Lipinski definition) is 4. The summed E-state index contributed by atoms with van der Waals surface area (Å²) in [6.45, 7) is 4.44. The van der Waals surface area contributed by atoms with Crippen molar-refractivity contribution in [2.45, 2.75) is 153 Å². The first-order chi connectivity index (χ1) is 27.0. The van der Waals surface area contributed by atoms with Crippen LogP contribution < -0.4 is 5.73 Å². The van der Waals surface area contributed by atoms with E-state index in [1.807, 2.05) is 43.3 Å². The Kier molecular flexibility index (Phi) is 19.3. The van der Waals surface area contributed by atoms with Crippen LogP contribution in [0.1, 0.15) is 134 Å². The fourth-order valence-electron chi connectivity index (χ4n) is 7.42. The number of nitrogens with zero attached hydrogens (tertiary/aromatic N) is 3. The number of aryl methyl sites for hydroxylation is 1. The summed E-state index contributed by atoms with van der Waals surface area (Å²) in [7, 11) is -4.66. The van der Waals surface area contributed by atoms with Gasteiger partial charge in [-0.1, -0.05) is 140 Å². The number of phosphoric ester groups is 1. The first kappa shape index (κ1) is 45.8. The van der Waals surface area contributed by atoms with Gasteiger partial charge in [-0.25, -0.2) is 9.08 Å². The van der Waals surface area contributed by atoms with Crippen LogP contribution in [0, 0.1) is 16.7 Å². The number of aromatic nitrogens is 2. The maximum atomic E-state index is 13.2. The molecule has 56 heavy (non-hydrogen) atoms. The van der Waals surface area contributed by atoms with Crippen LogP contribution in [-0.2, 0) is 35.1 Å². The molecule has 3 heterocycles. The summed E-state index contributed by atoms with van der Waals surface area (Å²) >= 11 is 0. The highest BCUT2D eigenvalue weighted by molar-refractivity contribution is 7.47. The monoisotopic (exact) mass is 798 g/mol. The Balaban J connectivity index is 1.18. The molecule has 0 saturated carbocycles. The van der Waals surface area contributed by atoms with Crippen molar-refractivity contribution in [3.63, 3.8) is 0 Å². The summed E-state index contributed by atoms with van der Waals surface area (Å²) < 4.78 is 37.4. The quantitative estimate of drug-likeness (QED) is 0.0389. The van der Waals surface area contributed by atoms with Crippen molar-refractivity contribution in [2.75, 3.05) is 32.2 Å². The lowest BCUT2D eigenvalue weighted by molar-refractivity contribution is -0.0655. The van der Waals surface area contributed by atoms with Gasteiger partial charge < -0.3 is 30.3 Å². The highest BCUT2D eigenvalue weighted by atomic mass is 31.2. The number of unbranched alkanes of at least 4 members (excludes halogenated alkanes) is 15. The van der Waals surface area contributed by atoms with Crippen LogP contribution >= 0.6 is 7.82 Å². The Bertz CT molecular complexity index is 1650. The number of hydrogen-bond acceptors (Lipinski definition) is 10. The highest BCUT2D eigenvalue weighted by Crippen LogP contribution is 2.47. The summed E-state index contributed by atoms with van der Waals surface area (Å²) in [5, 5.41) is 36.3. The lowest BCUT2D eigenvalue weighted by Crippen LogP contribution is -2.41. The molecular formula is C43H67N4O8P. The third-order valence-electron chi connectivity index (χ3n) is 11.0. The predicted octanol–water partition coefficient (Wildman–Crippen LogP) is 8.81. The SMILES string of the molecule is CCCCCCCCCCCCCCCCCCOC[C@@](C)(CCc1ccccc1)COP(=O)(O)OC[C@H]1O[C@@](C#N)(c2ccc3c(N)ccnn23)[C@H](O)[C@@H]1O. The molecule has 0 amide bonds. The molecule has 3 aromatic rings. The predicted molar refractivity (Wildman–Crippen MR) is 219 cm³/mol. The van der Waals surface area contributed by atoms with Gasteiger partial charge in [0, 0.05) is 18.2 Å². The molecule has 6 atom stereocenters. The minimum Gasteiger partial charge on any atom is -0.397 e. The molecule has 0 aliphatic carbocycles. The number of anilines is 1. The van der Waals surface area contributed by atoms with Gasteiger partial charge in [0.15, 0.2) is 0 Å². The van der Waals surface area contributed by atoms with E-state index in [0.29, 0.717) is 30.8 Å². The molecule has 0 radical (unpaired) electrons. The Hall–Kier alpha value is -2.85. The standard InChI is InChI=1S/C43H67N4O8P/c1-3-4-5-6-7-8-9-10-11-12-13-14-15-16-17-21-30-52-33-42(2,28-26-35-22-19-18-20-23-35)34-54-56(50,51)53-31-38-40(48)41(49)43(32-44,55-38)39-25-24-37-36(45)27-29-46-47(37)39/h18-20,22-25,27,29,38,40-41,48-49H,3-17,21,26,28,30-31,33-34,45H2,1-2H3,(H,50,51)/t38-,40-,41-,42-,43+/m1/s1. The second kappa shape index (κ2) is 23.5. The van der Waals surface area contributed by atoms with Crippen LogP contribution in [0.5, 0.6) is 0 Å². The summed E-state index contributed by atoms with van der Waals surface area (Å²) in [5.74, 6) is 0. The van der Waals surface area contributed by atoms with E-state index < -0.39 is 43.8 Å². The molecule has 1 unspecified atom stereocenters. The molecule has 1 saturated heterocycles. The lowest BCUT2D eigenvalue weighted by atomic mass is 9.86. The molecule has 5 N–H and O–H groups in total. The molecule has 1 aliphatic rings.